The van der Waals surface area contributed by atoms with Gasteiger partial charge in [0.2, 0.25) is 0 Å². The maximum absolute atomic E-state index is 12.0. The molecular formula is C22H30N2O4. The van der Waals surface area contributed by atoms with Crippen molar-refractivity contribution in [1.29, 1.82) is 5.26 Å². The van der Waals surface area contributed by atoms with Crippen molar-refractivity contribution < 1.29 is 19.1 Å². The Bertz CT molecular complexity index is 708. The fourth-order valence-electron chi connectivity index (χ4n) is 3.24. The van der Waals surface area contributed by atoms with E-state index in [2.05, 4.69) is 32.2 Å². The van der Waals surface area contributed by atoms with E-state index < -0.39 is 17.4 Å². The van der Waals surface area contributed by atoms with Gasteiger partial charge in [-0.15, -0.1) is 0 Å². The molecule has 1 aromatic rings. The molecular weight excluding hydrogens is 356 g/mol. The maximum atomic E-state index is 12.0. The summed E-state index contributed by atoms with van der Waals surface area (Å²) in [6.45, 7) is 6.23. The summed E-state index contributed by atoms with van der Waals surface area (Å²) in [6.07, 6.45) is 4.25. The third-order valence-corrected chi connectivity index (χ3v) is 4.96. The highest BCUT2D eigenvalue weighted by molar-refractivity contribution is 5.81. The Morgan fingerprint density at radius 1 is 1.14 bits per heavy atom. The molecule has 0 unspecified atom stereocenters. The van der Waals surface area contributed by atoms with Crippen LogP contribution in [0.25, 0.3) is 0 Å². The highest BCUT2D eigenvalue weighted by atomic mass is 16.5. The molecule has 6 heteroatoms. The topological polar surface area (TPSA) is 88.4 Å². The molecule has 28 heavy (non-hydrogen) atoms. The smallest absolute Gasteiger partial charge is 0.309 e. The number of ether oxygens (including phenoxy) is 2. The highest BCUT2D eigenvalue weighted by Gasteiger charge is 2.33. The van der Waals surface area contributed by atoms with Crippen molar-refractivity contribution >= 4 is 11.9 Å². The van der Waals surface area contributed by atoms with Gasteiger partial charge in [-0.05, 0) is 36.0 Å². The Morgan fingerprint density at radius 2 is 1.79 bits per heavy atom. The van der Waals surface area contributed by atoms with E-state index in [1.54, 1.807) is 0 Å². The molecule has 152 valence electrons. The third kappa shape index (κ3) is 6.56. The van der Waals surface area contributed by atoms with Gasteiger partial charge in [-0.3, -0.25) is 9.59 Å². The minimum atomic E-state index is -0.815. The van der Waals surface area contributed by atoms with Crippen LogP contribution in [0.4, 0.5) is 0 Å². The van der Waals surface area contributed by atoms with Gasteiger partial charge in [0.15, 0.2) is 6.61 Å². The van der Waals surface area contributed by atoms with Crippen molar-refractivity contribution in [3.05, 3.63) is 29.8 Å². The van der Waals surface area contributed by atoms with Gasteiger partial charge in [0.25, 0.3) is 5.91 Å². The largest absolute Gasteiger partial charge is 0.493 e. The van der Waals surface area contributed by atoms with Crippen molar-refractivity contribution in [2.75, 3.05) is 13.2 Å². The molecule has 0 aromatic heterocycles. The van der Waals surface area contributed by atoms with Crippen LogP contribution in [0.1, 0.15) is 64.9 Å². The summed E-state index contributed by atoms with van der Waals surface area (Å²) in [7, 11) is 0. The first-order valence-corrected chi connectivity index (χ1v) is 9.85. The minimum absolute atomic E-state index is 0.0533. The zero-order chi connectivity index (χ0) is 20.6. The summed E-state index contributed by atoms with van der Waals surface area (Å²) in [4.78, 5) is 23.8. The van der Waals surface area contributed by atoms with Crippen molar-refractivity contribution in [1.82, 2.24) is 5.32 Å². The molecule has 1 saturated carbocycles. The van der Waals surface area contributed by atoms with E-state index in [0.29, 0.717) is 18.6 Å². The summed E-state index contributed by atoms with van der Waals surface area (Å²) in [6, 6.07) is 9.99. The third-order valence-electron chi connectivity index (χ3n) is 4.96. The lowest BCUT2D eigenvalue weighted by Crippen LogP contribution is -2.50. The number of carbonyl (C=O) groups is 2. The average Bonchev–Trinajstić information content (AvgIpc) is 2.67. The van der Waals surface area contributed by atoms with Crippen LogP contribution in [0.2, 0.25) is 0 Å². The van der Waals surface area contributed by atoms with Crippen LogP contribution in [-0.2, 0) is 19.7 Å². The lowest BCUT2D eigenvalue weighted by atomic mass is 9.83. The molecule has 0 bridgehead atoms. The molecule has 2 rings (SSSR count). The second kappa shape index (κ2) is 9.59. The molecule has 1 N–H and O–H groups in total. The summed E-state index contributed by atoms with van der Waals surface area (Å²) in [5.74, 6) is -0.251. The SMILES string of the molecule is CC(C)(C)c1ccc(OCCC(=O)OCC(=O)NC2(C#N)CCCCC2)cc1. The molecule has 0 aliphatic heterocycles. The molecule has 0 heterocycles. The maximum Gasteiger partial charge on any atom is 0.309 e. The van der Waals surface area contributed by atoms with Gasteiger partial charge < -0.3 is 14.8 Å². The number of benzene rings is 1. The molecule has 6 nitrogen and oxygen atoms in total. The lowest BCUT2D eigenvalue weighted by Gasteiger charge is -2.31. The van der Waals surface area contributed by atoms with E-state index in [4.69, 9.17) is 9.47 Å². The zero-order valence-electron chi connectivity index (χ0n) is 17.0. The quantitative estimate of drug-likeness (QED) is 0.723. The van der Waals surface area contributed by atoms with Gasteiger partial charge in [0.1, 0.15) is 11.3 Å². The van der Waals surface area contributed by atoms with Crippen LogP contribution < -0.4 is 10.1 Å². The number of amides is 1. The first-order chi connectivity index (χ1) is 13.2. The van der Waals surface area contributed by atoms with Crippen LogP contribution in [0.15, 0.2) is 24.3 Å². The highest BCUT2D eigenvalue weighted by Crippen LogP contribution is 2.27. The Kier molecular flexibility index (Phi) is 7.45. The van der Waals surface area contributed by atoms with Crippen LogP contribution >= 0.6 is 0 Å². The van der Waals surface area contributed by atoms with Gasteiger partial charge in [-0.25, -0.2) is 0 Å². The van der Waals surface area contributed by atoms with Gasteiger partial charge in [-0.2, -0.15) is 5.26 Å². The average molecular weight is 386 g/mol. The van der Waals surface area contributed by atoms with Crippen LogP contribution in [0.3, 0.4) is 0 Å². The van der Waals surface area contributed by atoms with E-state index in [1.165, 1.54) is 5.56 Å². The Labute approximate surface area is 167 Å². The fourth-order valence-corrected chi connectivity index (χ4v) is 3.24. The number of rotatable bonds is 7. The van der Waals surface area contributed by atoms with Crippen molar-refractivity contribution in [3.63, 3.8) is 0 Å². The molecule has 0 atom stereocenters. The molecule has 1 aliphatic rings. The number of nitrogens with zero attached hydrogens (tertiary/aromatic N) is 1. The van der Waals surface area contributed by atoms with E-state index in [-0.39, 0.29) is 25.0 Å². The number of nitrogens with one attached hydrogen (secondary N) is 1. The Hall–Kier alpha value is -2.55. The Balaban J connectivity index is 1.68. The zero-order valence-corrected chi connectivity index (χ0v) is 17.0. The van der Waals surface area contributed by atoms with Gasteiger partial charge >= 0.3 is 5.97 Å². The monoisotopic (exact) mass is 386 g/mol. The molecule has 1 aliphatic carbocycles. The summed E-state index contributed by atoms with van der Waals surface area (Å²) in [5.41, 5.74) is 0.465. The first kappa shape index (κ1) is 21.7. The van der Waals surface area contributed by atoms with E-state index >= 15 is 0 Å². The van der Waals surface area contributed by atoms with Crippen LogP contribution in [0, 0.1) is 11.3 Å². The van der Waals surface area contributed by atoms with Gasteiger partial charge in [0.05, 0.1) is 19.1 Å². The first-order valence-electron chi connectivity index (χ1n) is 9.85. The fraction of sp³-hybridized carbons (Fsp3) is 0.591. The van der Waals surface area contributed by atoms with Crippen molar-refractivity contribution in [2.45, 2.75) is 70.3 Å². The second-order valence-corrected chi connectivity index (χ2v) is 8.34. The lowest BCUT2D eigenvalue weighted by molar-refractivity contribution is -0.149. The number of carbonyl (C=O) groups excluding carboxylic acids is 2. The molecule has 0 saturated heterocycles. The Morgan fingerprint density at radius 3 is 2.36 bits per heavy atom. The van der Waals surface area contributed by atoms with E-state index in [1.807, 2.05) is 24.3 Å². The van der Waals surface area contributed by atoms with Gasteiger partial charge in [-0.1, -0.05) is 52.2 Å². The number of esters is 1. The molecule has 1 aromatic carbocycles. The summed E-state index contributed by atoms with van der Waals surface area (Å²) in [5, 5.41) is 12.1. The van der Waals surface area contributed by atoms with E-state index in [9.17, 15) is 14.9 Å². The van der Waals surface area contributed by atoms with Crippen LogP contribution in [0.5, 0.6) is 5.75 Å². The number of hydrogen-bond acceptors (Lipinski definition) is 5. The second-order valence-electron chi connectivity index (χ2n) is 8.34. The normalized spacial score (nSPS) is 15.9. The molecule has 1 amide bonds. The summed E-state index contributed by atoms with van der Waals surface area (Å²) < 4.78 is 10.6. The van der Waals surface area contributed by atoms with Crippen molar-refractivity contribution in [2.24, 2.45) is 0 Å². The predicted octanol–water partition coefficient (Wildman–Crippen LogP) is 3.64. The van der Waals surface area contributed by atoms with Crippen molar-refractivity contribution in [3.8, 4) is 11.8 Å². The number of hydrogen-bond donors (Lipinski definition) is 1. The van der Waals surface area contributed by atoms with Gasteiger partial charge in [0, 0.05) is 0 Å². The number of nitriles is 1. The van der Waals surface area contributed by atoms with Crippen LogP contribution in [-0.4, -0.2) is 30.6 Å². The predicted molar refractivity (Wildman–Crippen MR) is 106 cm³/mol. The van der Waals surface area contributed by atoms with E-state index in [0.717, 1.165) is 19.3 Å². The molecule has 1 fully saturated rings. The molecule has 0 spiro atoms. The standard InChI is InChI=1S/C22H30N2O4/c1-21(2,3)17-7-9-18(10-8-17)27-14-11-20(26)28-15-19(25)24-22(16-23)12-5-4-6-13-22/h7-10H,4-6,11-15H2,1-3H3,(H,24,25). The molecule has 0 radical (unpaired) electrons. The summed E-state index contributed by atoms with van der Waals surface area (Å²) >= 11 is 0. The minimum Gasteiger partial charge on any atom is -0.493 e.